The van der Waals surface area contributed by atoms with E-state index in [1.165, 1.54) is 5.56 Å². The van der Waals surface area contributed by atoms with Gasteiger partial charge in [-0.05, 0) is 43.3 Å². The lowest BCUT2D eigenvalue weighted by Gasteiger charge is -2.10. The van der Waals surface area contributed by atoms with Crippen LogP contribution in [0, 0.1) is 6.92 Å². The van der Waals surface area contributed by atoms with Crippen molar-refractivity contribution < 1.29 is 0 Å². The van der Waals surface area contributed by atoms with Crippen LogP contribution in [-0.4, -0.2) is 20.5 Å². The average Bonchev–Trinajstić information content (AvgIpc) is 2.98. The van der Waals surface area contributed by atoms with E-state index in [-0.39, 0.29) is 0 Å². The van der Waals surface area contributed by atoms with Gasteiger partial charge in [0.1, 0.15) is 0 Å². The van der Waals surface area contributed by atoms with Gasteiger partial charge in [0.05, 0.1) is 0 Å². The van der Waals surface area contributed by atoms with E-state index in [1.54, 1.807) is 11.8 Å². The highest BCUT2D eigenvalue weighted by Crippen LogP contribution is 2.28. The molecule has 0 saturated heterocycles. The fourth-order valence-electron chi connectivity index (χ4n) is 2.21. The molecule has 0 bridgehead atoms. The van der Waals surface area contributed by atoms with E-state index in [2.05, 4.69) is 52.5 Å². The van der Waals surface area contributed by atoms with E-state index in [9.17, 15) is 0 Å². The van der Waals surface area contributed by atoms with Crippen molar-refractivity contribution in [3.05, 3.63) is 71.8 Å². The highest BCUT2D eigenvalue weighted by Gasteiger charge is 2.15. The number of nitrogens with zero attached hydrogens (tertiary/aromatic N) is 3. The molecule has 0 atom stereocenters. The quantitative estimate of drug-likeness (QED) is 0.473. The summed E-state index contributed by atoms with van der Waals surface area (Å²) in [7, 11) is 0. The molecule has 0 aliphatic heterocycles. The van der Waals surface area contributed by atoms with Crippen LogP contribution >= 0.6 is 23.4 Å². The van der Waals surface area contributed by atoms with E-state index < -0.39 is 0 Å². The fraction of sp³-hybridized carbons (Fsp3) is 0.111. The summed E-state index contributed by atoms with van der Waals surface area (Å²) in [5.41, 5.74) is 3.24. The Morgan fingerprint density at radius 2 is 1.78 bits per heavy atom. The number of halogens is 1. The van der Waals surface area contributed by atoms with Gasteiger partial charge >= 0.3 is 0 Å². The molecule has 23 heavy (non-hydrogen) atoms. The zero-order valence-corrected chi connectivity index (χ0v) is 14.3. The average molecular weight is 342 g/mol. The monoisotopic (exact) mass is 341 g/mol. The van der Waals surface area contributed by atoms with E-state index >= 15 is 0 Å². The van der Waals surface area contributed by atoms with Crippen LogP contribution < -0.4 is 0 Å². The third-order valence-corrected chi connectivity index (χ3v) is 4.54. The van der Waals surface area contributed by atoms with E-state index in [4.69, 9.17) is 11.6 Å². The van der Waals surface area contributed by atoms with Crippen molar-refractivity contribution in [3.63, 3.8) is 0 Å². The highest BCUT2D eigenvalue weighted by molar-refractivity contribution is 7.99. The number of hydrogen-bond acceptors (Lipinski definition) is 3. The first-order chi connectivity index (χ1) is 11.2. The highest BCUT2D eigenvalue weighted by atomic mass is 35.5. The van der Waals surface area contributed by atoms with Crippen molar-refractivity contribution in [2.24, 2.45) is 0 Å². The molecule has 1 heterocycles. The van der Waals surface area contributed by atoms with Crippen molar-refractivity contribution >= 4 is 23.4 Å². The molecule has 0 saturated carbocycles. The zero-order chi connectivity index (χ0) is 16.2. The smallest absolute Gasteiger partial charge is 0.196 e. The second kappa shape index (κ2) is 7.02. The maximum Gasteiger partial charge on any atom is 0.196 e. The molecule has 3 rings (SSSR count). The number of benzene rings is 2. The SMILES string of the molecule is C=CCSc1nnc(-c2ccc(Cl)cc2)n1-c1ccc(C)cc1. The van der Waals surface area contributed by atoms with Gasteiger partial charge in [-0.3, -0.25) is 4.57 Å². The standard InChI is InChI=1S/C18H16ClN3S/c1-3-12-23-18-21-20-17(14-6-8-15(19)9-7-14)22(18)16-10-4-13(2)5-11-16/h3-11H,1,12H2,2H3. The minimum absolute atomic E-state index is 0.705. The molecule has 1 aromatic heterocycles. The van der Waals surface area contributed by atoms with Crippen LogP contribution in [0.4, 0.5) is 0 Å². The lowest BCUT2D eigenvalue weighted by Crippen LogP contribution is -1.99. The van der Waals surface area contributed by atoms with Crippen LogP contribution in [0.3, 0.4) is 0 Å². The normalized spacial score (nSPS) is 10.7. The summed E-state index contributed by atoms with van der Waals surface area (Å²) in [6, 6.07) is 16.0. The first-order valence-corrected chi connectivity index (χ1v) is 8.57. The van der Waals surface area contributed by atoms with Gasteiger partial charge in [-0.1, -0.05) is 47.1 Å². The van der Waals surface area contributed by atoms with Crippen molar-refractivity contribution in [1.82, 2.24) is 14.8 Å². The second-order valence-electron chi connectivity index (χ2n) is 5.08. The number of aryl methyl sites for hydroxylation is 1. The van der Waals surface area contributed by atoms with Crippen LogP contribution in [-0.2, 0) is 0 Å². The Kier molecular flexibility index (Phi) is 4.84. The second-order valence-corrected chi connectivity index (χ2v) is 6.51. The summed E-state index contributed by atoms with van der Waals surface area (Å²) in [6.07, 6.45) is 1.86. The van der Waals surface area contributed by atoms with Gasteiger partial charge < -0.3 is 0 Å². The van der Waals surface area contributed by atoms with E-state index in [1.807, 2.05) is 30.3 Å². The van der Waals surface area contributed by atoms with Crippen LogP contribution in [0.5, 0.6) is 0 Å². The molecular weight excluding hydrogens is 326 g/mol. The van der Waals surface area contributed by atoms with Crippen LogP contribution in [0.25, 0.3) is 17.1 Å². The van der Waals surface area contributed by atoms with Crippen LogP contribution in [0.2, 0.25) is 5.02 Å². The van der Waals surface area contributed by atoms with Gasteiger partial charge in [0, 0.05) is 22.0 Å². The first-order valence-electron chi connectivity index (χ1n) is 7.21. The lowest BCUT2D eigenvalue weighted by atomic mass is 10.2. The van der Waals surface area contributed by atoms with Gasteiger partial charge in [0.15, 0.2) is 11.0 Å². The first kappa shape index (κ1) is 15.8. The fourth-order valence-corrected chi connectivity index (χ4v) is 3.02. The summed E-state index contributed by atoms with van der Waals surface area (Å²) in [5, 5.41) is 10.3. The van der Waals surface area contributed by atoms with E-state index in [0.717, 1.165) is 28.0 Å². The Bertz CT molecular complexity index is 807. The van der Waals surface area contributed by atoms with Crippen molar-refractivity contribution in [3.8, 4) is 17.1 Å². The summed E-state index contributed by atoms with van der Waals surface area (Å²) < 4.78 is 2.07. The molecule has 5 heteroatoms. The molecule has 0 aliphatic rings. The largest absolute Gasteiger partial charge is 0.270 e. The van der Waals surface area contributed by atoms with Crippen LogP contribution in [0.15, 0.2) is 66.3 Å². The topological polar surface area (TPSA) is 30.7 Å². The van der Waals surface area contributed by atoms with Crippen molar-refractivity contribution in [2.45, 2.75) is 12.1 Å². The number of hydrogen-bond donors (Lipinski definition) is 0. The molecule has 0 unspecified atom stereocenters. The molecule has 116 valence electrons. The van der Waals surface area contributed by atoms with Gasteiger partial charge in [-0.2, -0.15) is 0 Å². The summed E-state index contributed by atoms with van der Waals surface area (Å²) in [5.74, 6) is 1.59. The maximum absolute atomic E-state index is 5.99. The zero-order valence-electron chi connectivity index (χ0n) is 12.7. The third kappa shape index (κ3) is 3.49. The molecular formula is C18H16ClN3S. The van der Waals surface area contributed by atoms with Crippen LogP contribution in [0.1, 0.15) is 5.56 Å². The summed E-state index contributed by atoms with van der Waals surface area (Å²) in [6.45, 7) is 5.84. The molecule has 3 nitrogen and oxygen atoms in total. The molecule has 0 radical (unpaired) electrons. The van der Waals surface area contributed by atoms with Crippen molar-refractivity contribution in [2.75, 3.05) is 5.75 Å². The Hall–Kier alpha value is -2.04. The van der Waals surface area contributed by atoms with Gasteiger partial charge in [-0.25, -0.2) is 0 Å². The summed E-state index contributed by atoms with van der Waals surface area (Å²) in [4.78, 5) is 0. The molecule has 0 spiro atoms. The number of thioether (sulfide) groups is 1. The lowest BCUT2D eigenvalue weighted by molar-refractivity contribution is 0.887. The van der Waals surface area contributed by atoms with Gasteiger partial charge in [-0.15, -0.1) is 16.8 Å². The Balaban J connectivity index is 2.12. The maximum atomic E-state index is 5.99. The minimum atomic E-state index is 0.705. The predicted molar refractivity (Wildman–Crippen MR) is 97.5 cm³/mol. The molecule has 2 aromatic carbocycles. The molecule has 0 N–H and O–H groups in total. The minimum Gasteiger partial charge on any atom is -0.270 e. The summed E-state index contributed by atoms with van der Waals surface area (Å²) >= 11 is 7.60. The predicted octanol–water partition coefficient (Wildman–Crippen LogP) is 5.17. The molecule has 0 fully saturated rings. The Morgan fingerprint density at radius 3 is 2.43 bits per heavy atom. The third-order valence-electron chi connectivity index (χ3n) is 3.36. The number of rotatable bonds is 5. The van der Waals surface area contributed by atoms with Crippen molar-refractivity contribution in [1.29, 1.82) is 0 Å². The van der Waals surface area contributed by atoms with E-state index in [0.29, 0.717) is 5.02 Å². The van der Waals surface area contributed by atoms with Gasteiger partial charge in [0.2, 0.25) is 0 Å². The molecule has 3 aromatic rings. The Morgan fingerprint density at radius 1 is 1.09 bits per heavy atom. The van der Waals surface area contributed by atoms with Gasteiger partial charge in [0.25, 0.3) is 0 Å². The molecule has 0 aliphatic carbocycles. The number of aromatic nitrogens is 3. The molecule has 0 amide bonds. The Labute approximate surface area is 145 Å².